The number of hydrogen-bond donors (Lipinski definition) is 1. The van der Waals surface area contributed by atoms with Gasteiger partial charge >= 0.3 is 0 Å². The maximum atomic E-state index is 12.1. The molecule has 0 saturated carbocycles. The number of ether oxygens (including phenoxy) is 1. The van der Waals surface area contributed by atoms with Crippen molar-refractivity contribution in [1.82, 2.24) is 5.43 Å². The second kappa shape index (κ2) is 8.62. The minimum Gasteiger partial charge on any atom is -0.481 e. The molecule has 4 heteroatoms. The van der Waals surface area contributed by atoms with Crippen LogP contribution in [0.25, 0.3) is 11.1 Å². The number of amides is 1. The van der Waals surface area contributed by atoms with Gasteiger partial charge in [-0.1, -0.05) is 72.8 Å². The van der Waals surface area contributed by atoms with Gasteiger partial charge in [-0.15, -0.1) is 0 Å². The van der Waals surface area contributed by atoms with Crippen LogP contribution in [0.1, 0.15) is 12.5 Å². The Kier molecular flexibility index (Phi) is 5.78. The van der Waals surface area contributed by atoms with Crippen molar-refractivity contribution in [3.63, 3.8) is 0 Å². The van der Waals surface area contributed by atoms with E-state index in [2.05, 4.69) is 22.7 Å². The lowest BCUT2D eigenvalue weighted by Crippen LogP contribution is -2.33. The van der Waals surface area contributed by atoms with Crippen LogP contribution in [0.15, 0.2) is 90.0 Å². The largest absolute Gasteiger partial charge is 0.481 e. The fraction of sp³-hybridized carbons (Fsp3) is 0.0909. The van der Waals surface area contributed by atoms with Crippen molar-refractivity contribution in [3.05, 3.63) is 90.5 Å². The van der Waals surface area contributed by atoms with Crippen LogP contribution in [0, 0.1) is 0 Å². The van der Waals surface area contributed by atoms with Gasteiger partial charge in [0, 0.05) is 0 Å². The Labute approximate surface area is 153 Å². The van der Waals surface area contributed by atoms with Crippen molar-refractivity contribution in [1.29, 1.82) is 0 Å². The number of nitrogens with one attached hydrogen (secondary N) is 1. The minimum absolute atomic E-state index is 0.302. The topological polar surface area (TPSA) is 50.7 Å². The second-order valence-electron chi connectivity index (χ2n) is 5.80. The highest BCUT2D eigenvalue weighted by atomic mass is 16.5. The molecule has 0 aliphatic rings. The van der Waals surface area contributed by atoms with Gasteiger partial charge < -0.3 is 4.74 Å². The molecule has 130 valence electrons. The minimum atomic E-state index is -0.648. The maximum Gasteiger partial charge on any atom is 0.280 e. The monoisotopic (exact) mass is 344 g/mol. The number of hydrazone groups is 1. The van der Waals surface area contributed by atoms with Gasteiger partial charge in [0.25, 0.3) is 5.91 Å². The number of carbonyl (C=O) groups excluding carboxylic acids is 1. The van der Waals surface area contributed by atoms with Crippen LogP contribution in [-0.2, 0) is 4.79 Å². The Hall–Kier alpha value is -3.40. The van der Waals surface area contributed by atoms with Crippen molar-refractivity contribution < 1.29 is 9.53 Å². The lowest BCUT2D eigenvalue weighted by atomic mass is 10.1. The molecule has 0 radical (unpaired) electrons. The summed E-state index contributed by atoms with van der Waals surface area (Å²) in [5, 5.41) is 3.95. The number of nitrogens with zero attached hydrogens (tertiary/aromatic N) is 1. The number of hydrogen-bond acceptors (Lipinski definition) is 3. The van der Waals surface area contributed by atoms with Crippen molar-refractivity contribution in [2.45, 2.75) is 13.0 Å². The average Bonchev–Trinajstić information content (AvgIpc) is 2.70. The van der Waals surface area contributed by atoms with Crippen LogP contribution in [0.3, 0.4) is 0 Å². The highest BCUT2D eigenvalue weighted by Crippen LogP contribution is 2.22. The van der Waals surface area contributed by atoms with Gasteiger partial charge in [-0.25, -0.2) is 5.43 Å². The summed E-state index contributed by atoms with van der Waals surface area (Å²) < 4.78 is 5.68. The molecule has 0 spiro atoms. The third kappa shape index (κ3) is 4.80. The van der Waals surface area contributed by atoms with Crippen LogP contribution >= 0.6 is 0 Å². The zero-order chi connectivity index (χ0) is 18.2. The number of rotatable bonds is 6. The van der Waals surface area contributed by atoms with Crippen LogP contribution in [0.4, 0.5) is 0 Å². The van der Waals surface area contributed by atoms with Crippen molar-refractivity contribution in [2.75, 3.05) is 0 Å². The van der Waals surface area contributed by atoms with Gasteiger partial charge in [-0.2, -0.15) is 5.10 Å². The van der Waals surface area contributed by atoms with E-state index < -0.39 is 6.10 Å². The summed E-state index contributed by atoms with van der Waals surface area (Å²) in [7, 11) is 0. The van der Waals surface area contributed by atoms with Crippen LogP contribution in [0.5, 0.6) is 5.75 Å². The van der Waals surface area contributed by atoms with Crippen LogP contribution < -0.4 is 10.2 Å². The van der Waals surface area contributed by atoms with Crippen LogP contribution in [-0.4, -0.2) is 18.2 Å². The third-order valence-electron chi connectivity index (χ3n) is 3.83. The molecule has 0 fully saturated rings. The van der Waals surface area contributed by atoms with Crippen molar-refractivity contribution >= 4 is 12.1 Å². The first kappa shape index (κ1) is 17.4. The Morgan fingerprint density at radius 1 is 0.885 bits per heavy atom. The molecule has 3 aromatic rings. The Morgan fingerprint density at radius 2 is 1.46 bits per heavy atom. The summed E-state index contributed by atoms with van der Waals surface area (Å²) in [6, 6.07) is 27.3. The van der Waals surface area contributed by atoms with Crippen molar-refractivity contribution in [3.8, 4) is 16.9 Å². The molecule has 0 heterocycles. The average molecular weight is 344 g/mol. The summed E-state index contributed by atoms with van der Waals surface area (Å²) in [6.07, 6.45) is 0.949. The zero-order valence-electron chi connectivity index (χ0n) is 14.5. The molecule has 0 aromatic heterocycles. The first-order valence-electron chi connectivity index (χ1n) is 8.42. The van der Waals surface area contributed by atoms with Gasteiger partial charge in [-0.3, -0.25) is 4.79 Å². The predicted octanol–water partition coefficient (Wildman–Crippen LogP) is 4.27. The van der Waals surface area contributed by atoms with E-state index in [1.165, 1.54) is 0 Å². The summed E-state index contributed by atoms with van der Waals surface area (Å²) in [5.41, 5.74) is 5.65. The molecular formula is C22H20N2O2. The van der Waals surface area contributed by atoms with Gasteiger partial charge in [0.05, 0.1) is 6.21 Å². The SMILES string of the molecule is CC(Oc1ccc(-c2ccccc2)cc1)C(=O)NN=Cc1ccccc1. The molecule has 0 saturated heterocycles. The molecular weight excluding hydrogens is 324 g/mol. The molecule has 3 aromatic carbocycles. The van der Waals surface area contributed by atoms with Gasteiger partial charge in [0.15, 0.2) is 6.10 Å². The van der Waals surface area contributed by atoms with E-state index in [1.54, 1.807) is 13.1 Å². The quantitative estimate of drug-likeness (QED) is 0.536. The lowest BCUT2D eigenvalue weighted by molar-refractivity contribution is -0.127. The maximum absolute atomic E-state index is 12.1. The zero-order valence-corrected chi connectivity index (χ0v) is 14.5. The normalized spacial score (nSPS) is 11.9. The highest BCUT2D eigenvalue weighted by Gasteiger charge is 2.13. The summed E-state index contributed by atoms with van der Waals surface area (Å²) in [4.78, 5) is 12.1. The molecule has 0 aliphatic heterocycles. The third-order valence-corrected chi connectivity index (χ3v) is 3.83. The summed E-state index contributed by atoms with van der Waals surface area (Å²) in [6.45, 7) is 1.69. The molecule has 1 amide bonds. The first-order chi connectivity index (χ1) is 12.7. The summed E-state index contributed by atoms with van der Waals surface area (Å²) in [5.74, 6) is 0.337. The summed E-state index contributed by atoms with van der Waals surface area (Å²) >= 11 is 0. The lowest BCUT2D eigenvalue weighted by Gasteiger charge is -2.13. The van der Waals surface area contributed by atoms with E-state index in [-0.39, 0.29) is 5.91 Å². The van der Waals surface area contributed by atoms with Crippen molar-refractivity contribution in [2.24, 2.45) is 5.10 Å². The highest BCUT2D eigenvalue weighted by molar-refractivity contribution is 5.84. The van der Waals surface area contributed by atoms with Gasteiger partial charge in [0.2, 0.25) is 0 Å². The molecule has 0 aliphatic carbocycles. The fourth-order valence-corrected chi connectivity index (χ4v) is 2.41. The van der Waals surface area contributed by atoms with E-state index in [9.17, 15) is 4.79 Å². The van der Waals surface area contributed by atoms with E-state index in [0.717, 1.165) is 16.7 Å². The number of benzene rings is 3. The van der Waals surface area contributed by atoms with E-state index >= 15 is 0 Å². The van der Waals surface area contributed by atoms with E-state index in [0.29, 0.717) is 5.75 Å². The van der Waals surface area contributed by atoms with E-state index in [4.69, 9.17) is 4.74 Å². The van der Waals surface area contributed by atoms with Gasteiger partial charge in [0.1, 0.15) is 5.75 Å². The Bertz CT molecular complexity index is 860. The van der Waals surface area contributed by atoms with Crippen LogP contribution in [0.2, 0.25) is 0 Å². The molecule has 4 nitrogen and oxygen atoms in total. The molecule has 1 atom stereocenters. The molecule has 0 bridgehead atoms. The van der Waals surface area contributed by atoms with Gasteiger partial charge in [-0.05, 0) is 35.7 Å². The standard InChI is InChI=1S/C22H20N2O2/c1-17(22(25)24-23-16-18-8-4-2-5-9-18)26-21-14-12-20(13-15-21)19-10-6-3-7-11-19/h2-17H,1H3,(H,24,25). The molecule has 3 rings (SSSR count). The molecule has 26 heavy (non-hydrogen) atoms. The van der Waals surface area contributed by atoms with E-state index in [1.807, 2.05) is 72.8 Å². The molecule has 1 unspecified atom stereocenters. The first-order valence-corrected chi connectivity index (χ1v) is 8.42. The predicted molar refractivity (Wildman–Crippen MR) is 104 cm³/mol. The Balaban J connectivity index is 1.54. The number of carbonyl (C=O) groups is 1. The Morgan fingerprint density at radius 3 is 2.12 bits per heavy atom. The fourth-order valence-electron chi connectivity index (χ4n) is 2.41. The molecule has 1 N–H and O–H groups in total. The smallest absolute Gasteiger partial charge is 0.280 e. The second-order valence-corrected chi connectivity index (χ2v) is 5.80.